The first kappa shape index (κ1) is 76.3. The number of urea groups is 1. The van der Waals surface area contributed by atoms with Crippen LogP contribution < -0.4 is 47.4 Å². The molecule has 3 aromatic rings. The Kier molecular flexibility index (Phi) is 24.4. The molecule has 103 heavy (non-hydrogen) atoms. The van der Waals surface area contributed by atoms with Crippen molar-refractivity contribution in [2.45, 2.75) is 163 Å². The second-order valence-corrected chi connectivity index (χ2v) is 27.4. The molecule has 0 unspecified atom stereocenters. The predicted octanol–water partition coefficient (Wildman–Crippen LogP) is 8.10. The van der Waals surface area contributed by atoms with Crippen LogP contribution in [0.4, 0.5) is 26.7 Å². The number of fused-ring (bicyclic) bond motifs is 2. The Balaban J connectivity index is 0.875. The molecule has 3 aromatic carbocycles. The lowest BCUT2D eigenvalue weighted by molar-refractivity contribution is -0.154. The second-order valence-electron chi connectivity index (χ2n) is 27.4. The molecular formula is C74H89N9O20. The summed E-state index contributed by atoms with van der Waals surface area (Å²) < 4.78 is 35.5. The number of imide groups is 1. The summed E-state index contributed by atoms with van der Waals surface area (Å²) in [5, 5.41) is 47.9. The van der Waals surface area contributed by atoms with E-state index in [9.17, 15) is 63.3 Å². The van der Waals surface area contributed by atoms with Gasteiger partial charge in [0.2, 0.25) is 23.2 Å². The van der Waals surface area contributed by atoms with Gasteiger partial charge >= 0.3 is 23.9 Å². The van der Waals surface area contributed by atoms with E-state index in [0.717, 1.165) is 17.6 Å². The Bertz CT molecular complexity index is 4270. The first-order valence-electron chi connectivity index (χ1n) is 34.4. The van der Waals surface area contributed by atoms with Gasteiger partial charge in [0.25, 0.3) is 23.5 Å². The molecule has 5 heterocycles. The van der Waals surface area contributed by atoms with E-state index in [4.69, 9.17) is 38.8 Å². The number of nitrogens with two attached hydrogens (primary N) is 1. The fourth-order valence-corrected chi connectivity index (χ4v) is 13.1. The number of primary amides is 1. The van der Waals surface area contributed by atoms with E-state index in [2.05, 4.69) is 33.5 Å². The third kappa shape index (κ3) is 18.1. The van der Waals surface area contributed by atoms with Gasteiger partial charge in [0.05, 0.1) is 36.4 Å². The van der Waals surface area contributed by atoms with Crippen LogP contribution in [0.2, 0.25) is 0 Å². The van der Waals surface area contributed by atoms with Gasteiger partial charge in [-0.3, -0.25) is 48.1 Å². The van der Waals surface area contributed by atoms with Crippen LogP contribution in [0.1, 0.15) is 135 Å². The minimum atomic E-state index is -2.16. The monoisotopic (exact) mass is 1420 g/mol. The highest BCUT2D eigenvalue weighted by Crippen LogP contribution is 2.51. The van der Waals surface area contributed by atoms with Crippen LogP contribution in [0.3, 0.4) is 0 Å². The van der Waals surface area contributed by atoms with Crippen LogP contribution >= 0.6 is 0 Å². The average Bonchev–Trinajstić information content (AvgIpc) is 1.65. The molecular weight excluding hydrogens is 1330 g/mol. The lowest BCUT2D eigenvalue weighted by Crippen LogP contribution is -2.54. The molecule has 6 aliphatic rings. The maximum absolute atomic E-state index is 15.0. The number of anilines is 3. The van der Waals surface area contributed by atoms with Crippen molar-refractivity contribution in [1.29, 1.82) is 0 Å². The summed E-state index contributed by atoms with van der Waals surface area (Å²) in [7, 11) is 0. The molecule has 0 saturated carbocycles. The fourth-order valence-electron chi connectivity index (χ4n) is 13.1. The molecule has 1 aliphatic carbocycles. The zero-order valence-electron chi connectivity index (χ0n) is 59.2. The molecule has 1 fully saturated rings. The van der Waals surface area contributed by atoms with E-state index in [1.54, 1.807) is 69.0 Å². The van der Waals surface area contributed by atoms with Crippen molar-refractivity contribution in [2.24, 2.45) is 35.3 Å². The molecule has 0 radical (unpaired) electrons. The number of amides is 8. The SMILES string of the molecule is CC(=O)O[C@@H]1[C@H](C)[C@@H](O)/C=C/O[C@@]2(C)Oc3c(C)c(O)c4c(=O)c(c5oc6cc(N7CC(OC(=O)OCc8ccc(NC(=O)[C@H](CCCNC(N)=O)NC(=O)[C@@H](NC(=O)CCCCCN9C(=O)C=CC9=O)C(C)C)cc8)C7)cc(O)c6nc-5c4c3C2=O)NC(=O)/C(C)=C\C=C\[C@H](C)C[C@@H](C)C[C@H]1C. The number of ketones is 1. The van der Waals surface area contributed by atoms with E-state index < -0.39 is 118 Å². The number of carbonyl (C=O) groups is 10. The highest BCUT2D eigenvalue weighted by Gasteiger charge is 2.50. The molecule has 4 bridgehead atoms. The number of nitrogens with zero attached hydrogens (tertiary/aromatic N) is 3. The number of hydrogen-bond donors (Lipinski definition) is 9. The topological polar surface area (TPSA) is 413 Å². The molecule has 550 valence electrons. The van der Waals surface area contributed by atoms with Crippen molar-refractivity contribution < 1.29 is 91.4 Å². The summed E-state index contributed by atoms with van der Waals surface area (Å²) in [6, 6.07) is 6.28. The second kappa shape index (κ2) is 32.9. The minimum absolute atomic E-state index is 0.0266. The van der Waals surface area contributed by atoms with Crippen molar-refractivity contribution in [1.82, 2.24) is 25.8 Å². The van der Waals surface area contributed by atoms with Crippen molar-refractivity contribution >= 4 is 98.3 Å². The minimum Gasteiger partial charge on any atom is -0.507 e. The highest BCUT2D eigenvalue weighted by molar-refractivity contribution is 6.22. The van der Waals surface area contributed by atoms with Crippen molar-refractivity contribution in [3.8, 4) is 28.7 Å². The lowest BCUT2D eigenvalue weighted by atomic mass is 9.82. The van der Waals surface area contributed by atoms with Crippen LogP contribution in [0.25, 0.3) is 33.3 Å². The van der Waals surface area contributed by atoms with Gasteiger partial charge in [0.1, 0.15) is 65.0 Å². The van der Waals surface area contributed by atoms with Gasteiger partial charge < -0.3 is 80.6 Å². The molecule has 10 N–H and O–H groups in total. The van der Waals surface area contributed by atoms with Crippen LogP contribution in [-0.2, 0) is 59.1 Å². The number of benzene rings is 4. The first-order valence-corrected chi connectivity index (χ1v) is 34.4. The Labute approximate surface area is 593 Å². The summed E-state index contributed by atoms with van der Waals surface area (Å²) in [6.45, 7) is 17.1. The molecule has 1 saturated heterocycles. The standard InChI is InChI=1S/C74H89N9O20/c1-37(2)59(79-53(87)19-12-11-13-28-83-54(88)24-25-55(83)89)71(95)78-49(18-15-27-76-72(75)96)70(94)77-46-22-20-45(21-23-46)36-98-73(97)101-48-34-82(35-48)47-32-51(86)60-52(33-47)102-67-61(80-60)56-57-63(90)43(8)66-58(56)68(92)74(10,103-66)99-29-26-50(85)42(7)65(100-44(9)84)41(6)31-39(4)30-38(3)16-14-17-40(5)69(93)81-62(67)64(57)91/h14,16-17,20-26,29,32-33,37-39,41-42,48-50,59,65,85-86,90H,11-13,15,18-19,27-28,30-31,34-36H2,1-10H3,(H,77,94)(H,78,95)(H,79,87)(H,81,93)(H3,75,76,96)/b16-14+,29-26+,40-17-/t38-,39+,41+,42+,49-,50-,59-,65-,74-/m0/s1. The first-order chi connectivity index (χ1) is 48.8. The molecule has 0 aromatic heterocycles. The van der Waals surface area contributed by atoms with Gasteiger partial charge in [-0.2, -0.15) is 0 Å². The Morgan fingerprint density at radius 2 is 1.58 bits per heavy atom. The van der Waals surface area contributed by atoms with Gasteiger partial charge in [-0.05, 0) is 99.8 Å². The number of Topliss-reactive ketones (excluding diaryl/α,β-unsaturated/α-hetero) is 1. The number of hydrogen-bond acceptors (Lipinski definition) is 22. The Morgan fingerprint density at radius 1 is 0.874 bits per heavy atom. The van der Waals surface area contributed by atoms with Crippen LogP contribution in [0.15, 0.2) is 93.9 Å². The van der Waals surface area contributed by atoms with Crippen molar-refractivity contribution in [3.63, 3.8) is 0 Å². The number of nitrogens with one attached hydrogen (secondary N) is 5. The number of allylic oxidation sites excluding steroid dienone is 3. The number of esters is 1. The van der Waals surface area contributed by atoms with Gasteiger partial charge in [-0.1, -0.05) is 78.3 Å². The summed E-state index contributed by atoms with van der Waals surface area (Å²) in [5.41, 5.74) is 4.47. The third-order valence-corrected chi connectivity index (χ3v) is 18.7. The molecule has 9 atom stereocenters. The van der Waals surface area contributed by atoms with Crippen molar-refractivity contribution in [3.05, 3.63) is 112 Å². The number of aromatic nitrogens is 1. The smallest absolute Gasteiger partial charge is 0.507 e. The van der Waals surface area contributed by atoms with Crippen LogP contribution in [0.5, 0.6) is 17.2 Å². The van der Waals surface area contributed by atoms with Gasteiger partial charge in [-0.15, -0.1) is 0 Å². The number of ether oxygens (including phenoxy) is 5. The number of aromatic hydroxyl groups is 2. The molecule has 9 rings (SSSR count). The molecule has 0 spiro atoms. The summed E-state index contributed by atoms with van der Waals surface area (Å²) in [6.07, 6.45) is 9.63. The van der Waals surface area contributed by atoms with Gasteiger partial charge in [-0.25, -0.2) is 14.6 Å². The third-order valence-electron chi connectivity index (χ3n) is 18.7. The van der Waals surface area contributed by atoms with E-state index in [1.165, 1.54) is 51.1 Å². The average molecular weight is 1420 g/mol. The van der Waals surface area contributed by atoms with Crippen molar-refractivity contribution in [2.75, 3.05) is 41.7 Å². The number of phenolic OH excluding ortho intramolecular Hbond substituents is 2. The maximum atomic E-state index is 15.0. The van der Waals surface area contributed by atoms with E-state index in [0.29, 0.717) is 42.6 Å². The maximum Gasteiger partial charge on any atom is 0.509 e. The number of phenols is 2. The van der Waals surface area contributed by atoms with Gasteiger partial charge in [0, 0.05) is 91.5 Å². The van der Waals surface area contributed by atoms with E-state index in [1.807, 2.05) is 19.9 Å². The van der Waals surface area contributed by atoms with E-state index in [-0.39, 0.29) is 138 Å². The molecule has 29 nitrogen and oxygen atoms in total. The van der Waals surface area contributed by atoms with E-state index >= 15 is 4.79 Å². The zero-order valence-corrected chi connectivity index (χ0v) is 59.2. The summed E-state index contributed by atoms with van der Waals surface area (Å²) >= 11 is 0. The predicted molar refractivity (Wildman–Crippen MR) is 377 cm³/mol. The number of unbranched alkanes of at least 4 members (excludes halogenated alkanes) is 2. The number of aliphatic hydroxyl groups is 1. The molecule has 8 amide bonds. The quantitative estimate of drug-likeness (QED) is 0.0110. The normalized spacial score (nSPS) is 22.7. The molecule has 29 heteroatoms. The fraction of sp³-hybridized carbons (Fsp3) is 0.459. The summed E-state index contributed by atoms with van der Waals surface area (Å²) in [5.74, 6) is -9.22. The van der Waals surface area contributed by atoms with Gasteiger partial charge in [0.15, 0.2) is 11.3 Å². The Hall–Kier alpha value is -10.8. The number of carbonyl (C=O) groups excluding carboxylic acids is 10. The molecule has 5 aliphatic heterocycles. The van der Waals surface area contributed by atoms with Crippen LogP contribution in [-0.4, -0.2) is 147 Å². The Morgan fingerprint density at radius 3 is 2.26 bits per heavy atom. The lowest BCUT2D eigenvalue weighted by Gasteiger charge is -2.39. The largest absolute Gasteiger partial charge is 0.509 e. The highest BCUT2D eigenvalue weighted by atomic mass is 16.7. The van der Waals surface area contributed by atoms with Crippen LogP contribution in [0, 0.1) is 36.5 Å². The summed E-state index contributed by atoms with van der Waals surface area (Å²) in [4.78, 5) is 153. The number of aliphatic hydroxyl groups excluding tert-OH is 1. The number of rotatable bonds is 21. The zero-order chi connectivity index (χ0) is 74.9.